The summed E-state index contributed by atoms with van der Waals surface area (Å²) in [5, 5.41) is 14.8. The van der Waals surface area contributed by atoms with E-state index in [0.29, 0.717) is 5.56 Å². The molecule has 2 heterocycles. The van der Waals surface area contributed by atoms with Gasteiger partial charge in [-0.25, -0.2) is 0 Å². The summed E-state index contributed by atoms with van der Waals surface area (Å²) in [6.45, 7) is 0. The second-order valence-electron chi connectivity index (χ2n) is 10.1. The minimum atomic E-state index is 0.667. The molecule has 0 radical (unpaired) electrons. The topological polar surface area (TPSA) is 23.8 Å². The molecule has 0 N–H and O–H groups in total. The van der Waals surface area contributed by atoms with Crippen molar-refractivity contribution in [2.75, 3.05) is 0 Å². The van der Waals surface area contributed by atoms with Crippen molar-refractivity contribution in [2.24, 2.45) is 0 Å². The average molecular weight is 544 g/mol. The third-order valence-electron chi connectivity index (χ3n) is 7.72. The zero-order valence-corrected chi connectivity index (χ0v) is 23.0. The molecule has 0 unspecified atom stereocenters. The predicted octanol–water partition coefficient (Wildman–Crippen LogP) is 11.3. The molecule has 0 bridgehead atoms. The van der Waals surface area contributed by atoms with Crippen LogP contribution in [0, 0.1) is 11.3 Å². The van der Waals surface area contributed by atoms with E-state index in [4.69, 9.17) is 0 Å². The van der Waals surface area contributed by atoms with Crippen molar-refractivity contribution in [1.29, 1.82) is 5.26 Å². The first-order valence-corrected chi connectivity index (χ1v) is 14.9. The summed E-state index contributed by atoms with van der Waals surface area (Å²) in [5.41, 5.74) is 7.56. The van der Waals surface area contributed by atoms with Crippen molar-refractivity contribution >= 4 is 63.0 Å². The second kappa shape index (κ2) is 9.17. The lowest BCUT2D eigenvalue weighted by Gasteiger charge is -2.14. The van der Waals surface area contributed by atoms with Gasteiger partial charge in [0, 0.05) is 40.3 Å². The molecule has 6 aromatic carbocycles. The molecule has 40 heavy (non-hydrogen) atoms. The van der Waals surface area contributed by atoms with Gasteiger partial charge in [-0.3, -0.25) is 0 Å². The van der Waals surface area contributed by atoms with E-state index >= 15 is 0 Å². The number of rotatable bonds is 3. The summed E-state index contributed by atoms with van der Waals surface area (Å²) in [7, 11) is 0. The van der Waals surface area contributed by atoms with Gasteiger partial charge in [0.15, 0.2) is 0 Å². The molecule has 0 aliphatic rings. The zero-order chi connectivity index (χ0) is 26.6. The molecule has 0 spiro atoms. The van der Waals surface area contributed by atoms with Crippen molar-refractivity contribution < 1.29 is 0 Å². The molecule has 0 saturated carbocycles. The maximum Gasteiger partial charge on any atom is 0.0991 e. The fourth-order valence-electron chi connectivity index (χ4n) is 5.77. The summed E-state index contributed by atoms with van der Waals surface area (Å²) in [6, 6.07) is 47.9. The van der Waals surface area contributed by atoms with Gasteiger partial charge in [-0.1, -0.05) is 78.9 Å². The van der Waals surface area contributed by atoms with Crippen LogP contribution in [0.2, 0.25) is 0 Å². The smallest absolute Gasteiger partial charge is 0.0991 e. The van der Waals surface area contributed by atoms with Gasteiger partial charge in [0.05, 0.1) is 11.6 Å². The summed E-state index contributed by atoms with van der Waals surface area (Å²) < 4.78 is 5.22. The summed E-state index contributed by atoms with van der Waals surface area (Å²) >= 11 is 3.68. The molecule has 0 saturated heterocycles. The van der Waals surface area contributed by atoms with E-state index in [-0.39, 0.29) is 0 Å². The SMILES string of the molecule is N#Cc1cccc(-c2cc(-c3ccc4sc5ccccc5c4c3)ccc2-c2ccc3c(c2)sc2ccccc23)c1. The standard InChI is InChI=1S/C37H21NS2/c38-22-23-6-5-7-26(18-23)32-19-24(25-14-17-36-33(20-25)30-9-2-4-11-35(30)39-36)12-15-28(32)27-13-16-31-29-8-1-3-10-34(29)40-37(31)21-27/h1-21H. The molecule has 186 valence electrons. The highest BCUT2D eigenvalue weighted by Crippen LogP contribution is 2.41. The molecule has 0 atom stereocenters. The fraction of sp³-hybridized carbons (Fsp3) is 0. The van der Waals surface area contributed by atoms with Crippen LogP contribution in [0.1, 0.15) is 5.56 Å². The van der Waals surface area contributed by atoms with Crippen LogP contribution in [-0.4, -0.2) is 0 Å². The predicted molar refractivity (Wildman–Crippen MR) is 173 cm³/mol. The Morgan fingerprint density at radius 2 is 1.02 bits per heavy atom. The van der Waals surface area contributed by atoms with Gasteiger partial charge < -0.3 is 0 Å². The zero-order valence-electron chi connectivity index (χ0n) is 21.4. The average Bonchev–Trinajstić information content (AvgIpc) is 3.58. The Balaban J connectivity index is 1.33. The lowest BCUT2D eigenvalue weighted by atomic mass is 9.90. The summed E-state index contributed by atoms with van der Waals surface area (Å²) in [5.74, 6) is 0. The van der Waals surface area contributed by atoms with Gasteiger partial charge in [-0.15, -0.1) is 22.7 Å². The second-order valence-corrected chi connectivity index (χ2v) is 12.2. The Morgan fingerprint density at radius 1 is 0.400 bits per heavy atom. The van der Waals surface area contributed by atoms with E-state index in [9.17, 15) is 5.26 Å². The van der Waals surface area contributed by atoms with Crippen molar-refractivity contribution in [2.45, 2.75) is 0 Å². The Kier molecular flexibility index (Phi) is 5.31. The van der Waals surface area contributed by atoms with Crippen molar-refractivity contribution in [1.82, 2.24) is 0 Å². The van der Waals surface area contributed by atoms with Crippen LogP contribution in [0.5, 0.6) is 0 Å². The third-order valence-corrected chi connectivity index (χ3v) is 10.0. The number of thiophene rings is 2. The number of nitriles is 1. The molecule has 0 fully saturated rings. The molecule has 0 amide bonds. The van der Waals surface area contributed by atoms with Crippen LogP contribution in [0.3, 0.4) is 0 Å². The Morgan fingerprint density at radius 3 is 1.85 bits per heavy atom. The van der Waals surface area contributed by atoms with Crippen molar-refractivity contribution in [3.8, 4) is 39.4 Å². The summed E-state index contributed by atoms with van der Waals surface area (Å²) in [4.78, 5) is 0. The molecular weight excluding hydrogens is 523 g/mol. The number of fused-ring (bicyclic) bond motifs is 6. The summed E-state index contributed by atoms with van der Waals surface area (Å²) in [6.07, 6.45) is 0. The highest BCUT2D eigenvalue weighted by Gasteiger charge is 2.14. The minimum Gasteiger partial charge on any atom is -0.192 e. The first-order chi connectivity index (χ1) is 19.7. The van der Waals surface area contributed by atoms with Crippen LogP contribution < -0.4 is 0 Å². The largest absolute Gasteiger partial charge is 0.192 e. The van der Waals surface area contributed by atoms with Crippen LogP contribution in [0.25, 0.3) is 73.7 Å². The van der Waals surface area contributed by atoms with Crippen LogP contribution in [0.15, 0.2) is 127 Å². The first kappa shape index (κ1) is 23.2. The fourth-order valence-corrected chi connectivity index (χ4v) is 8.00. The minimum absolute atomic E-state index is 0.667. The van der Waals surface area contributed by atoms with Crippen LogP contribution in [0.4, 0.5) is 0 Å². The van der Waals surface area contributed by atoms with E-state index in [0.717, 1.165) is 11.1 Å². The van der Waals surface area contributed by atoms with E-state index in [2.05, 4.69) is 115 Å². The van der Waals surface area contributed by atoms with Gasteiger partial charge in [0.2, 0.25) is 0 Å². The monoisotopic (exact) mass is 543 g/mol. The van der Waals surface area contributed by atoms with Gasteiger partial charge in [0.25, 0.3) is 0 Å². The maximum absolute atomic E-state index is 9.63. The van der Waals surface area contributed by atoms with Gasteiger partial charge in [-0.2, -0.15) is 5.26 Å². The Hall–Kier alpha value is -4.75. The van der Waals surface area contributed by atoms with Gasteiger partial charge >= 0.3 is 0 Å². The Labute approximate surface area is 239 Å². The molecule has 8 rings (SSSR count). The Bertz CT molecular complexity index is 2290. The molecule has 3 heteroatoms. The van der Waals surface area contributed by atoms with E-state index < -0.39 is 0 Å². The number of nitrogens with zero attached hydrogens (tertiary/aromatic N) is 1. The van der Waals surface area contributed by atoms with E-state index in [1.54, 1.807) is 0 Å². The van der Waals surface area contributed by atoms with Gasteiger partial charge in [-0.05, 0) is 81.9 Å². The van der Waals surface area contributed by atoms with Crippen molar-refractivity contribution in [3.05, 3.63) is 133 Å². The lowest BCUT2D eigenvalue weighted by molar-refractivity contribution is 1.48. The van der Waals surface area contributed by atoms with Crippen LogP contribution >= 0.6 is 22.7 Å². The molecular formula is C37H21NS2. The quantitative estimate of drug-likeness (QED) is 0.217. The van der Waals surface area contributed by atoms with Crippen molar-refractivity contribution in [3.63, 3.8) is 0 Å². The number of hydrogen-bond acceptors (Lipinski definition) is 3. The molecule has 0 aliphatic carbocycles. The lowest BCUT2D eigenvalue weighted by Crippen LogP contribution is -1.89. The third kappa shape index (κ3) is 3.73. The molecule has 8 aromatic rings. The molecule has 2 aromatic heterocycles. The maximum atomic E-state index is 9.63. The normalized spacial score (nSPS) is 11.5. The van der Waals surface area contributed by atoms with Crippen LogP contribution in [-0.2, 0) is 0 Å². The van der Waals surface area contributed by atoms with Gasteiger partial charge in [0.1, 0.15) is 0 Å². The van der Waals surface area contributed by atoms with E-state index in [1.165, 1.54) is 62.6 Å². The highest BCUT2D eigenvalue weighted by molar-refractivity contribution is 7.26. The number of hydrogen-bond donors (Lipinski definition) is 0. The molecule has 1 nitrogen and oxygen atoms in total. The van der Waals surface area contributed by atoms with E-state index in [1.807, 2.05) is 40.9 Å². The number of benzene rings is 6. The first-order valence-electron chi connectivity index (χ1n) is 13.2. The molecule has 0 aliphatic heterocycles. The highest BCUT2D eigenvalue weighted by atomic mass is 32.1.